The Bertz CT molecular complexity index is 1230. The Balaban J connectivity index is 1.73. The molecule has 0 aliphatic carbocycles. The molecule has 6 nitrogen and oxygen atoms in total. The smallest absolute Gasteiger partial charge is 0.307 e. The van der Waals surface area contributed by atoms with Crippen molar-refractivity contribution in [2.75, 3.05) is 11.4 Å². The molecule has 1 aromatic heterocycles. The van der Waals surface area contributed by atoms with E-state index in [0.29, 0.717) is 22.4 Å². The molecular weight excluding hydrogens is 526 g/mol. The lowest BCUT2D eigenvalue weighted by Crippen LogP contribution is -2.48. The quantitative estimate of drug-likeness (QED) is 0.266. The van der Waals surface area contributed by atoms with Crippen LogP contribution in [0.5, 0.6) is 0 Å². The average molecular weight is 558 g/mol. The molecule has 1 N–H and O–H groups in total. The molecule has 1 amide bonds. The van der Waals surface area contributed by atoms with Gasteiger partial charge in [0.1, 0.15) is 5.60 Å². The van der Waals surface area contributed by atoms with Gasteiger partial charge in [-0.25, -0.2) is 4.98 Å². The Morgan fingerprint density at radius 2 is 1.86 bits per heavy atom. The number of benzene rings is 2. The van der Waals surface area contributed by atoms with Crippen LogP contribution < -0.4 is 9.62 Å². The minimum absolute atomic E-state index is 0.00607. The van der Waals surface area contributed by atoms with Gasteiger partial charge >= 0.3 is 5.97 Å². The molecule has 4 rings (SSSR count). The molecule has 0 spiro atoms. The molecule has 2 aromatic carbocycles. The predicted octanol–water partition coefficient (Wildman–Crippen LogP) is 6.53. The van der Waals surface area contributed by atoms with Gasteiger partial charge in [-0.2, -0.15) is 0 Å². The first kappa shape index (κ1) is 27.6. The Kier molecular flexibility index (Phi) is 8.95. The van der Waals surface area contributed by atoms with Crippen LogP contribution in [-0.4, -0.2) is 35.0 Å². The summed E-state index contributed by atoms with van der Waals surface area (Å²) in [6.07, 6.45) is 1.51. The van der Waals surface area contributed by atoms with E-state index in [1.807, 2.05) is 80.7 Å². The van der Waals surface area contributed by atoms with Gasteiger partial charge in [-0.1, -0.05) is 72.9 Å². The third-order valence-corrected chi connectivity index (χ3v) is 7.95. The Hall–Kier alpha value is -2.39. The fraction of sp³-hybridized carbons (Fsp3) is 0.393. The van der Waals surface area contributed by atoms with Crippen molar-refractivity contribution in [1.82, 2.24) is 9.71 Å². The van der Waals surface area contributed by atoms with E-state index < -0.39 is 11.5 Å². The first-order valence-corrected chi connectivity index (χ1v) is 14.0. The number of amides is 1. The van der Waals surface area contributed by atoms with Crippen molar-refractivity contribution in [2.45, 2.75) is 57.6 Å². The molecule has 1 saturated heterocycles. The van der Waals surface area contributed by atoms with E-state index >= 15 is 0 Å². The average Bonchev–Trinajstić information content (AvgIpc) is 3.33. The van der Waals surface area contributed by atoms with E-state index in [-0.39, 0.29) is 30.3 Å². The molecular formula is C28H32ClN3O3S2. The topological polar surface area (TPSA) is 71.5 Å². The summed E-state index contributed by atoms with van der Waals surface area (Å²) in [4.78, 5) is 33.8. The summed E-state index contributed by atoms with van der Waals surface area (Å²) < 4.78 is 8.70. The molecule has 196 valence electrons. The van der Waals surface area contributed by atoms with Crippen molar-refractivity contribution >= 4 is 52.8 Å². The molecule has 0 radical (unpaired) electrons. The highest BCUT2D eigenvalue weighted by atomic mass is 35.5. The maximum absolute atomic E-state index is 14.3. The molecule has 0 saturated carbocycles. The highest BCUT2D eigenvalue weighted by Crippen LogP contribution is 2.39. The molecule has 37 heavy (non-hydrogen) atoms. The maximum atomic E-state index is 14.3. The van der Waals surface area contributed by atoms with Crippen molar-refractivity contribution in [2.24, 2.45) is 5.92 Å². The Morgan fingerprint density at radius 3 is 2.54 bits per heavy atom. The standard InChI is InChI=1S/C28H32ClN3O3S2/c1-28(2,3)35-25(33)15-22-20(18-9-5-4-6-10-18)14-13-19(31-36)16-32(26(22)34)27-30-24(17-37-27)21-11-7-8-12-23(21)29/h4-12,17,19-20,22,31,36H,13-16H2,1-3H3. The van der Waals surface area contributed by atoms with Gasteiger partial charge < -0.3 is 4.74 Å². The van der Waals surface area contributed by atoms with Gasteiger partial charge in [-0.3, -0.25) is 19.2 Å². The van der Waals surface area contributed by atoms with Crippen molar-refractivity contribution in [3.05, 3.63) is 70.6 Å². The predicted molar refractivity (Wildman–Crippen MR) is 153 cm³/mol. The van der Waals surface area contributed by atoms with Gasteiger partial charge in [0.25, 0.3) is 0 Å². The first-order valence-electron chi connectivity index (χ1n) is 12.3. The van der Waals surface area contributed by atoms with Gasteiger partial charge in [-0.05, 0) is 51.2 Å². The lowest BCUT2D eigenvalue weighted by atomic mass is 9.78. The number of carbonyl (C=O) groups excluding carboxylic acids is 2. The molecule has 1 aliphatic rings. The molecule has 1 fully saturated rings. The van der Waals surface area contributed by atoms with E-state index in [4.69, 9.17) is 21.3 Å². The van der Waals surface area contributed by atoms with Crippen LogP contribution in [0.15, 0.2) is 60.0 Å². The molecule has 3 aromatic rings. The highest BCUT2D eigenvalue weighted by Gasteiger charge is 2.39. The number of hydrogen-bond acceptors (Lipinski definition) is 7. The largest absolute Gasteiger partial charge is 0.460 e. The number of aromatic nitrogens is 1. The zero-order chi connectivity index (χ0) is 26.6. The SMILES string of the molecule is CC(C)(C)OC(=O)CC1C(=O)N(c2nc(-c3ccccc3Cl)cs2)CC(NS)CCC1c1ccccc1. The van der Waals surface area contributed by atoms with Gasteiger partial charge in [0.2, 0.25) is 5.91 Å². The van der Waals surface area contributed by atoms with Crippen molar-refractivity contribution < 1.29 is 14.3 Å². The number of carbonyl (C=O) groups is 2. The zero-order valence-electron chi connectivity index (χ0n) is 21.2. The first-order chi connectivity index (χ1) is 17.7. The third kappa shape index (κ3) is 6.93. The summed E-state index contributed by atoms with van der Waals surface area (Å²) in [5, 5.41) is 3.07. The number of hydrogen-bond donors (Lipinski definition) is 2. The number of nitrogens with zero attached hydrogens (tertiary/aromatic N) is 2. The van der Waals surface area contributed by atoms with Crippen LogP contribution in [0.2, 0.25) is 5.02 Å². The van der Waals surface area contributed by atoms with E-state index in [0.717, 1.165) is 24.0 Å². The fourth-order valence-corrected chi connectivity index (χ4v) is 5.99. The Morgan fingerprint density at radius 1 is 1.16 bits per heavy atom. The van der Waals surface area contributed by atoms with E-state index in [9.17, 15) is 9.59 Å². The number of halogens is 1. The van der Waals surface area contributed by atoms with Gasteiger partial charge in [0.15, 0.2) is 5.13 Å². The number of rotatable bonds is 6. The highest BCUT2D eigenvalue weighted by molar-refractivity contribution is 7.78. The summed E-state index contributed by atoms with van der Waals surface area (Å²) in [5.41, 5.74) is 1.91. The maximum Gasteiger partial charge on any atom is 0.307 e. The number of ether oxygens (including phenoxy) is 1. The van der Waals surface area contributed by atoms with Crippen molar-refractivity contribution in [3.8, 4) is 11.3 Å². The Labute approximate surface area is 232 Å². The van der Waals surface area contributed by atoms with Gasteiger partial charge in [-0.15, -0.1) is 11.3 Å². The zero-order valence-corrected chi connectivity index (χ0v) is 23.7. The van der Waals surface area contributed by atoms with Crippen LogP contribution in [0.1, 0.15) is 51.5 Å². The van der Waals surface area contributed by atoms with Crippen LogP contribution in [-0.2, 0) is 14.3 Å². The summed E-state index contributed by atoms with van der Waals surface area (Å²) >= 11 is 12.1. The van der Waals surface area contributed by atoms with E-state index in [2.05, 4.69) is 17.5 Å². The second kappa shape index (κ2) is 12.0. The molecule has 9 heteroatoms. The number of thiol groups is 1. The molecule has 1 aliphatic heterocycles. The summed E-state index contributed by atoms with van der Waals surface area (Å²) in [5.74, 6) is -1.28. The van der Waals surface area contributed by atoms with Crippen LogP contribution in [0.3, 0.4) is 0 Å². The molecule has 0 bridgehead atoms. The summed E-state index contributed by atoms with van der Waals surface area (Å²) in [6.45, 7) is 5.89. The lowest BCUT2D eigenvalue weighted by Gasteiger charge is -2.36. The lowest BCUT2D eigenvalue weighted by molar-refractivity contribution is -0.157. The van der Waals surface area contributed by atoms with Crippen molar-refractivity contribution in [1.29, 1.82) is 0 Å². The molecule has 2 heterocycles. The van der Waals surface area contributed by atoms with Crippen LogP contribution in [0, 0.1) is 5.92 Å². The number of nitrogens with one attached hydrogen (secondary N) is 1. The monoisotopic (exact) mass is 557 g/mol. The second-order valence-corrected chi connectivity index (χ2v) is 11.8. The minimum Gasteiger partial charge on any atom is -0.460 e. The minimum atomic E-state index is -0.635. The fourth-order valence-electron chi connectivity index (χ4n) is 4.71. The molecule has 3 atom stereocenters. The second-order valence-electron chi connectivity index (χ2n) is 10.3. The molecule has 3 unspecified atom stereocenters. The normalized spacial score (nSPS) is 20.8. The van der Waals surface area contributed by atoms with Crippen LogP contribution in [0.25, 0.3) is 11.3 Å². The van der Waals surface area contributed by atoms with E-state index in [1.165, 1.54) is 11.3 Å². The summed E-state index contributed by atoms with van der Waals surface area (Å²) in [7, 11) is 0. The number of thiazole rings is 1. The van der Waals surface area contributed by atoms with E-state index in [1.54, 1.807) is 4.90 Å². The number of esters is 1. The van der Waals surface area contributed by atoms with Crippen LogP contribution in [0.4, 0.5) is 5.13 Å². The third-order valence-electron chi connectivity index (χ3n) is 6.39. The van der Waals surface area contributed by atoms with Gasteiger partial charge in [0.05, 0.1) is 18.0 Å². The van der Waals surface area contributed by atoms with Gasteiger partial charge in [0, 0.05) is 28.6 Å². The number of anilines is 1. The summed E-state index contributed by atoms with van der Waals surface area (Å²) in [6, 6.07) is 17.4. The van der Waals surface area contributed by atoms with Crippen LogP contribution >= 0.6 is 35.8 Å². The van der Waals surface area contributed by atoms with Crippen molar-refractivity contribution in [3.63, 3.8) is 0 Å².